The maximum atomic E-state index is 12.0. The lowest BCUT2D eigenvalue weighted by Crippen LogP contribution is -2.34. The first kappa shape index (κ1) is 47.7. The molecule has 0 aromatic rings. The average Bonchev–Trinajstić information content (AvgIpc) is 2.98. The lowest BCUT2D eigenvalue weighted by molar-refractivity contribution is -0.162. The Labute approximate surface area is 293 Å². The molecule has 0 unspecified atom stereocenters. The van der Waals surface area contributed by atoms with Crippen molar-refractivity contribution in [1.29, 1.82) is 0 Å². The SMILES string of the molecule is CCC(C)(C)C(=O)OC1CCC(C(C)(C)C)CC1.CCC(C)(C)C(=O)OCCC[Si](C)(C)C.CCCCCCOC(=O)C(C)(C)CC. The number of ether oxygens (including phenoxy) is 3. The van der Waals surface area contributed by atoms with Crippen molar-refractivity contribution >= 4 is 26.0 Å². The van der Waals surface area contributed by atoms with Gasteiger partial charge in [0.1, 0.15) is 6.10 Å². The van der Waals surface area contributed by atoms with Gasteiger partial charge < -0.3 is 14.2 Å². The van der Waals surface area contributed by atoms with Crippen LogP contribution in [-0.2, 0) is 28.6 Å². The largest absolute Gasteiger partial charge is 0.465 e. The Bertz CT molecular complexity index is 870. The van der Waals surface area contributed by atoms with Gasteiger partial charge in [-0.25, -0.2) is 0 Å². The summed E-state index contributed by atoms with van der Waals surface area (Å²) in [7, 11) is -0.975. The smallest absolute Gasteiger partial charge is 0.311 e. The average molecular weight is 685 g/mol. The number of carbonyl (C=O) groups is 3. The molecule has 6 nitrogen and oxygen atoms in total. The second-order valence-electron chi connectivity index (χ2n) is 18.0. The predicted octanol–water partition coefficient (Wildman–Crippen LogP) is 11.8. The molecule has 1 fully saturated rings. The van der Waals surface area contributed by atoms with Crippen LogP contribution in [0.3, 0.4) is 0 Å². The van der Waals surface area contributed by atoms with Gasteiger partial charge in [-0.2, -0.15) is 0 Å². The lowest BCUT2D eigenvalue weighted by Gasteiger charge is -2.37. The summed E-state index contributed by atoms with van der Waals surface area (Å²) < 4.78 is 16.2. The van der Waals surface area contributed by atoms with E-state index < -0.39 is 8.07 Å². The number of carbonyl (C=O) groups excluding carboxylic acids is 3. The molecule has 47 heavy (non-hydrogen) atoms. The van der Waals surface area contributed by atoms with Crippen molar-refractivity contribution in [2.45, 2.75) is 199 Å². The number of rotatable bonds is 16. The zero-order valence-corrected chi connectivity index (χ0v) is 35.2. The first-order valence-electron chi connectivity index (χ1n) is 19.0. The molecule has 1 aliphatic rings. The molecule has 0 spiro atoms. The minimum absolute atomic E-state index is 0.0239. The highest BCUT2D eigenvalue weighted by atomic mass is 28.3. The molecule has 0 aliphatic heterocycles. The van der Waals surface area contributed by atoms with E-state index in [9.17, 15) is 14.4 Å². The highest BCUT2D eigenvalue weighted by molar-refractivity contribution is 6.76. The summed E-state index contributed by atoms with van der Waals surface area (Å²) in [5, 5.41) is 0. The molecule has 0 N–H and O–H groups in total. The molecule has 0 saturated heterocycles. The van der Waals surface area contributed by atoms with Gasteiger partial charge in [0, 0.05) is 8.07 Å². The first-order valence-corrected chi connectivity index (χ1v) is 22.7. The molecule has 1 saturated carbocycles. The fourth-order valence-corrected chi connectivity index (χ4v) is 5.85. The van der Waals surface area contributed by atoms with Crippen LogP contribution < -0.4 is 0 Å². The number of esters is 3. The Morgan fingerprint density at radius 2 is 0.979 bits per heavy atom. The van der Waals surface area contributed by atoms with Crippen molar-refractivity contribution in [2.75, 3.05) is 13.2 Å². The van der Waals surface area contributed by atoms with Gasteiger partial charge in [-0.3, -0.25) is 14.4 Å². The third kappa shape index (κ3) is 22.1. The van der Waals surface area contributed by atoms with E-state index in [0.717, 1.165) is 57.3 Å². The van der Waals surface area contributed by atoms with E-state index in [1.807, 2.05) is 62.3 Å². The maximum absolute atomic E-state index is 12.0. The first-order chi connectivity index (χ1) is 21.4. The fraction of sp³-hybridized carbons (Fsp3) is 0.925. The quantitative estimate of drug-likeness (QED) is 0.0697. The normalized spacial score (nSPS) is 17.4. The third-order valence-corrected chi connectivity index (χ3v) is 11.9. The number of unbranched alkanes of at least 4 members (excludes halogenated alkanes) is 3. The molecule has 0 heterocycles. The van der Waals surface area contributed by atoms with Crippen LogP contribution in [0.25, 0.3) is 0 Å². The van der Waals surface area contributed by atoms with Crippen LogP contribution in [0.1, 0.15) is 167 Å². The van der Waals surface area contributed by atoms with Gasteiger partial charge in [0.2, 0.25) is 0 Å². The van der Waals surface area contributed by atoms with Crippen LogP contribution >= 0.6 is 0 Å². The van der Waals surface area contributed by atoms with Crippen molar-refractivity contribution in [3.63, 3.8) is 0 Å². The minimum Gasteiger partial charge on any atom is -0.465 e. The van der Waals surface area contributed by atoms with E-state index in [1.54, 1.807) is 0 Å². The molecular weight excluding hydrogens is 605 g/mol. The molecule has 0 radical (unpaired) electrons. The lowest BCUT2D eigenvalue weighted by atomic mass is 9.72. The van der Waals surface area contributed by atoms with E-state index in [0.29, 0.717) is 18.6 Å². The highest BCUT2D eigenvalue weighted by Gasteiger charge is 2.34. The van der Waals surface area contributed by atoms with Gasteiger partial charge in [-0.1, -0.05) is 93.4 Å². The van der Waals surface area contributed by atoms with Gasteiger partial charge in [0.05, 0.1) is 29.5 Å². The Morgan fingerprint density at radius 3 is 1.34 bits per heavy atom. The molecule has 0 atom stereocenters. The van der Waals surface area contributed by atoms with Gasteiger partial charge in [0.25, 0.3) is 0 Å². The van der Waals surface area contributed by atoms with Gasteiger partial charge in [-0.15, -0.1) is 0 Å². The Balaban J connectivity index is 0. The van der Waals surface area contributed by atoms with Crippen LogP contribution in [0.2, 0.25) is 25.7 Å². The van der Waals surface area contributed by atoms with E-state index in [2.05, 4.69) is 47.3 Å². The van der Waals surface area contributed by atoms with Crippen molar-refractivity contribution in [3.05, 3.63) is 0 Å². The van der Waals surface area contributed by atoms with Crippen LogP contribution in [0.15, 0.2) is 0 Å². The van der Waals surface area contributed by atoms with Crippen LogP contribution in [0, 0.1) is 27.6 Å². The predicted molar refractivity (Wildman–Crippen MR) is 202 cm³/mol. The molecule has 0 aromatic carbocycles. The Morgan fingerprint density at radius 1 is 0.574 bits per heavy atom. The van der Waals surface area contributed by atoms with Crippen LogP contribution in [-0.4, -0.2) is 45.3 Å². The highest BCUT2D eigenvalue weighted by Crippen LogP contribution is 2.39. The molecule has 0 bridgehead atoms. The standard InChI is InChI=1S/C16H30O2.C12H26O2Si.C12H24O2/c1-7-16(5,6)14(17)18-13-10-8-12(9-11-13)15(2,3)4;1-7-12(2,3)11(13)14-9-8-10-15(4,5)6;1-5-7-8-9-10-14-11(13)12(3,4)6-2/h12-13H,7-11H2,1-6H3;7-10H2,1-6H3;5-10H2,1-4H3. The van der Waals surface area contributed by atoms with E-state index in [-0.39, 0.29) is 40.3 Å². The van der Waals surface area contributed by atoms with Crippen LogP contribution in [0.4, 0.5) is 0 Å². The van der Waals surface area contributed by atoms with Crippen molar-refractivity contribution in [2.24, 2.45) is 27.6 Å². The minimum atomic E-state index is -0.975. The van der Waals surface area contributed by atoms with Crippen molar-refractivity contribution in [3.8, 4) is 0 Å². The van der Waals surface area contributed by atoms with Crippen molar-refractivity contribution in [1.82, 2.24) is 0 Å². The Hall–Kier alpha value is -1.37. The van der Waals surface area contributed by atoms with Crippen molar-refractivity contribution < 1.29 is 28.6 Å². The summed E-state index contributed by atoms with van der Waals surface area (Å²) in [4.78, 5) is 35.1. The fourth-order valence-electron chi connectivity index (χ4n) is 4.64. The second kappa shape index (κ2) is 22.4. The molecular formula is C40H80O6Si. The molecule has 1 aliphatic carbocycles. The summed E-state index contributed by atoms with van der Waals surface area (Å²) in [6.07, 6.45) is 12.7. The van der Waals surface area contributed by atoms with Gasteiger partial charge in [-0.05, 0) is 111 Å². The van der Waals surface area contributed by atoms with E-state index in [1.165, 1.54) is 31.7 Å². The summed E-state index contributed by atoms with van der Waals surface area (Å²) >= 11 is 0. The van der Waals surface area contributed by atoms with Gasteiger partial charge >= 0.3 is 17.9 Å². The summed E-state index contributed by atoms with van der Waals surface area (Å²) in [5.41, 5.74) is -0.581. The topological polar surface area (TPSA) is 78.9 Å². The molecule has 7 heteroatoms. The summed E-state index contributed by atoms with van der Waals surface area (Å²) in [6.45, 7) is 35.0. The number of hydrogen-bond donors (Lipinski definition) is 0. The maximum Gasteiger partial charge on any atom is 0.311 e. The van der Waals surface area contributed by atoms with E-state index >= 15 is 0 Å². The van der Waals surface area contributed by atoms with Gasteiger partial charge in [0.15, 0.2) is 0 Å². The van der Waals surface area contributed by atoms with E-state index in [4.69, 9.17) is 14.2 Å². The molecule has 280 valence electrons. The number of hydrogen-bond acceptors (Lipinski definition) is 6. The molecule has 1 rings (SSSR count). The summed E-state index contributed by atoms with van der Waals surface area (Å²) in [6, 6.07) is 1.23. The van der Waals surface area contributed by atoms with Crippen LogP contribution in [0.5, 0.6) is 0 Å². The third-order valence-electron chi connectivity index (χ3n) is 10.0. The molecule has 0 aromatic heterocycles. The molecule has 0 amide bonds. The zero-order valence-electron chi connectivity index (χ0n) is 34.2. The monoisotopic (exact) mass is 685 g/mol. The zero-order chi connectivity index (χ0) is 37.1. The second-order valence-corrected chi connectivity index (χ2v) is 23.6. The Kier molecular flexibility index (Phi) is 22.7. The summed E-state index contributed by atoms with van der Waals surface area (Å²) in [5.74, 6) is 0.632.